The molecule has 1 fully saturated rings. The molecule has 0 aromatic heterocycles. The van der Waals surface area contributed by atoms with Gasteiger partial charge in [0.25, 0.3) is 0 Å². The molecule has 8 atom stereocenters. The van der Waals surface area contributed by atoms with E-state index in [4.69, 9.17) is 14.2 Å². The number of aliphatic hydroxyl groups is 6. The Bertz CT molecular complexity index is 1130. The highest BCUT2D eigenvalue weighted by atomic mass is 19.1. The summed E-state index contributed by atoms with van der Waals surface area (Å²) in [6, 6.07) is 13.9. The second-order valence-corrected chi connectivity index (χ2v) is 12.3. The van der Waals surface area contributed by atoms with Gasteiger partial charge in [-0.15, -0.1) is 0 Å². The van der Waals surface area contributed by atoms with E-state index >= 15 is 0 Å². The lowest BCUT2D eigenvalue weighted by Crippen LogP contribution is -2.59. The number of rotatable bonds is 21. The summed E-state index contributed by atoms with van der Waals surface area (Å²) >= 11 is 0. The van der Waals surface area contributed by atoms with Crippen LogP contribution in [0.2, 0.25) is 0 Å². The van der Waals surface area contributed by atoms with E-state index in [0.717, 1.165) is 63.5 Å². The van der Waals surface area contributed by atoms with E-state index in [1.807, 2.05) is 12.1 Å². The van der Waals surface area contributed by atoms with Crippen molar-refractivity contribution in [2.75, 3.05) is 13.2 Å². The highest BCUT2D eigenvalue weighted by Gasteiger charge is 2.44. The maximum absolute atomic E-state index is 13.0. The second kappa shape index (κ2) is 20.0. The Hall–Kier alpha value is -2.48. The molecule has 5 unspecified atom stereocenters. The standard InChI is InChI=1S/C35H51FO10/c1-23(38)31(40)25(22-44-35-34(43)33(42)32(41)30(21-37)46-35)20-27(39)11-9-7-5-3-2-4-6-8-10-24-12-16-28(17-13-24)45-29-18-14-26(36)15-19-29/h12-19,23,25,30-35,37-38,40-43H,2-11,20-22H2,1H3/t23-,25+,30?,31-,32?,33?,34?,35?/m1/s1. The number of carbonyl (C=O) groups is 1. The lowest BCUT2D eigenvalue weighted by molar-refractivity contribution is -0.304. The number of unbranched alkanes of at least 4 members (excludes halogenated alkanes) is 7. The van der Waals surface area contributed by atoms with Gasteiger partial charge >= 0.3 is 0 Å². The fourth-order valence-electron chi connectivity index (χ4n) is 5.57. The Labute approximate surface area is 270 Å². The monoisotopic (exact) mass is 650 g/mol. The van der Waals surface area contributed by atoms with Gasteiger partial charge in [0.2, 0.25) is 0 Å². The first-order valence-electron chi connectivity index (χ1n) is 16.4. The van der Waals surface area contributed by atoms with Crippen LogP contribution >= 0.6 is 0 Å². The molecule has 258 valence electrons. The third kappa shape index (κ3) is 12.6. The number of benzene rings is 2. The molecule has 0 saturated carbocycles. The summed E-state index contributed by atoms with van der Waals surface area (Å²) in [5.41, 5.74) is 1.25. The predicted molar refractivity (Wildman–Crippen MR) is 169 cm³/mol. The maximum Gasteiger partial charge on any atom is 0.186 e. The molecule has 11 heteroatoms. The van der Waals surface area contributed by atoms with Crippen molar-refractivity contribution in [3.8, 4) is 11.5 Å². The summed E-state index contributed by atoms with van der Waals surface area (Å²) in [5.74, 6) is 0.177. The van der Waals surface area contributed by atoms with E-state index in [1.54, 1.807) is 12.1 Å². The summed E-state index contributed by atoms with van der Waals surface area (Å²) in [6.45, 7) is 0.566. The second-order valence-electron chi connectivity index (χ2n) is 12.3. The number of carbonyl (C=O) groups excluding carboxylic acids is 1. The molecule has 1 aliphatic heterocycles. The molecule has 2 aromatic carbocycles. The molecular formula is C35H51FO10. The first-order chi connectivity index (χ1) is 22.1. The maximum atomic E-state index is 13.0. The normalized spacial score (nSPS) is 23.5. The van der Waals surface area contributed by atoms with Crippen LogP contribution in [0.4, 0.5) is 4.39 Å². The van der Waals surface area contributed by atoms with Gasteiger partial charge in [0.05, 0.1) is 25.4 Å². The highest BCUT2D eigenvalue weighted by molar-refractivity contribution is 5.78. The van der Waals surface area contributed by atoms with Crippen molar-refractivity contribution in [3.05, 3.63) is 59.9 Å². The van der Waals surface area contributed by atoms with Gasteiger partial charge in [-0.3, -0.25) is 4.79 Å². The largest absolute Gasteiger partial charge is 0.457 e. The van der Waals surface area contributed by atoms with Crippen molar-refractivity contribution in [1.29, 1.82) is 0 Å². The third-order valence-electron chi connectivity index (χ3n) is 8.43. The minimum absolute atomic E-state index is 0.0342. The number of hydrogen-bond acceptors (Lipinski definition) is 10. The van der Waals surface area contributed by atoms with Gasteiger partial charge < -0.3 is 44.8 Å². The molecular weight excluding hydrogens is 599 g/mol. The smallest absolute Gasteiger partial charge is 0.186 e. The zero-order valence-corrected chi connectivity index (χ0v) is 26.6. The van der Waals surface area contributed by atoms with Crippen LogP contribution in [0.15, 0.2) is 48.5 Å². The Balaban J connectivity index is 1.25. The summed E-state index contributed by atoms with van der Waals surface area (Å²) < 4.78 is 29.6. The fraction of sp³-hybridized carbons (Fsp3) is 0.629. The number of ketones is 1. The Morgan fingerprint density at radius 3 is 1.98 bits per heavy atom. The van der Waals surface area contributed by atoms with Crippen LogP contribution in [0.3, 0.4) is 0 Å². The molecule has 3 rings (SSSR count). The Morgan fingerprint density at radius 1 is 0.826 bits per heavy atom. The summed E-state index contributed by atoms with van der Waals surface area (Å²) in [5, 5.41) is 59.8. The van der Waals surface area contributed by atoms with Gasteiger partial charge in [-0.05, 0) is 68.1 Å². The van der Waals surface area contributed by atoms with Crippen LogP contribution in [0.1, 0.15) is 76.7 Å². The van der Waals surface area contributed by atoms with E-state index in [2.05, 4.69) is 12.1 Å². The molecule has 0 radical (unpaired) electrons. The number of aryl methyl sites for hydroxylation is 1. The topological polar surface area (TPSA) is 166 Å². The molecule has 0 aliphatic carbocycles. The van der Waals surface area contributed by atoms with Crippen molar-refractivity contribution < 1.29 is 54.0 Å². The van der Waals surface area contributed by atoms with Crippen LogP contribution in [0, 0.1) is 11.7 Å². The van der Waals surface area contributed by atoms with Crippen LogP contribution in [0.25, 0.3) is 0 Å². The van der Waals surface area contributed by atoms with E-state index in [-0.39, 0.29) is 24.6 Å². The molecule has 2 aromatic rings. The van der Waals surface area contributed by atoms with Crippen LogP contribution < -0.4 is 4.74 Å². The first kappa shape index (κ1) is 38.0. The molecule has 1 aliphatic rings. The Kier molecular flexibility index (Phi) is 16.5. The molecule has 10 nitrogen and oxygen atoms in total. The summed E-state index contributed by atoms with van der Waals surface area (Å²) in [6.07, 6.45) is 0.0177. The average Bonchev–Trinajstić information content (AvgIpc) is 3.05. The number of hydrogen-bond donors (Lipinski definition) is 6. The van der Waals surface area contributed by atoms with Crippen LogP contribution in [0.5, 0.6) is 11.5 Å². The van der Waals surface area contributed by atoms with Crippen LogP contribution in [-0.2, 0) is 20.7 Å². The van der Waals surface area contributed by atoms with Gasteiger partial charge in [-0.2, -0.15) is 0 Å². The zero-order valence-electron chi connectivity index (χ0n) is 26.6. The molecule has 46 heavy (non-hydrogen) atoms. The summed E-state index contributed by atoms with van der Waals surface area (Å²) in [4.78, 5) is 12.7. The SMILES string of the molecule is C[C@@H](O)[C@@H](O)[C@H](COC1OC(CO)C(O)C(O)C1O)CC(=O)CCCCCCCCCCc1ccc(Oc2ccc(F)cc2)cc1. The molecule has 6 N–H and O–H groups in total. The van der Waals surface area contributed by atoms with Crippen molar-refractivity contribution in [2.45, 2.75) is 120 Å². The minimum atomic E-state index is -1.60. The minimum Gasteiger partial charge on any atom is -0.457 e. The van der Waals surface area contributed by atoms with Crippen molar-refractivity contribution >= 4 is 5.78 Å². The van der Waals surface area contributed by atoms with Crippen molar-refractivity contribution in [2.24, 2.45) is 5.92 Å². The number of halogens is 1. The van der Waals surface area contributed by atoms with Gasteiger partial charge in [0, 0.05) is 18.8 Å². The van der Waals surface area contributed by atoms with Crippen molar-refractivity contribution in [1.82, 2.24) is 0 Å². The lowest BCUT2D eigenvalue weighted by atomic mass is 9.92. The quantitative estimate of drug-likeness (QED) is 0.109. The lowest BCUT2D eigenvalue weighted by Gasteiger charge is -2.40. The number of ether oxygens (including phenoxy) is 3. The van der Waals surface area contributed by atoms with Gasteiger partial charge in [-0.25, -0.2) is 4.39 Å². The van der Waals surface area contributed by atoms with E-state index in [0.29, 0.717) is 12.2 Å². The Morgan fingerprint density at radius 2 is 1.39 bits per heavy atom. The highest BCUT2D eigenvalue weighted by Crippen LogP contribution is 2.25. The van der Waals surface area contributed by atoms with E-state index in [9.17, 15) is 39.8 Å². The van der Waals surface area contributed by atoms with Gasteiger partial charge in [0.15, 0.2) is 6.29 Å². The molecule has 1 saturated heterocycles. The third-order valence-corrected chi connectivity index (χ3v) is 8.43. The molecule has 1 heterocycles. The molecule has 0 bridgehead atoms. The molecule has 0 amide bonds. The molecule has 0 spiro atoms. The predicted octanol–water partition coefficient (Wildman–Crippen LogP) is 3.81. The average molecular weight is 651 g/mol. The van der Waals surface area contributed by atoms with Gasteiger partial charge in [-0.1, -0.05) is 50.7 Å². The zero-order chi connectivity index (χ0) is 33.5. The number of aliphatic hydroxyl groups excluding tert-OH is 6. The van der Waals surface area contributed by atoms with E-state index < -0.39 is 55.4 Å². The van der Waals surface area contributed by atoms with Crippen molar-refractivity contribution in [3.63, 3.8) is 0 Å². The summed E-state index contributed by atoms with van der Waals surface area (Å²) in [7, 11) is 0. The number of Topliss-reactive ketones (excluding diaryl/α,β-unsaturated/α-hetero) is 1. The van der Waals surface area contributed by atoms with Gasteiger partial charge in [0.1, 0.15) is 47.5 Å². The first-order valence-corrected chi connectivity index (χ1v) is 16.4. The fourth-order valence-corrected chi connectivity index (χ4v) is 5.57. The van der Waals surface area contributed by atoms with Crippen LogP contribution in [-0.4, -0.2) is 92.5 Å². The van der Waals surface area contributed by atoms with E-state index in [1.165, 1.54) is 24.6 Å².